The number of amides is 1. The van der Waals surface area contributed by atoms with Gasteiger partial charge in [-0.1, -0.05) is 37.6 Å². The topological polar surface area (TPSA) is 95.9 Å². The van der Waals surface area contributed by atoms with Gasteiger partial charge in [-0.2, -0.15) is 0 Å². The number of hydrogen-bond acceptors (Lipinski definition) is 4. The molecular weight excluding hydrogens is 600 g/mol. The lowest BCUT2D eigenvalue weighted by atomic mass is 9.46. The average molecular weight is 630 g/mol. The van der Waals surface area contributed by atoms with Crippen LogP contribution in [0.1, 0.15) is 54.4 Å². The molecule has 3 aromatic rings. The molecule has 4 saturated carbocycles. The average Bonchev–Trinajstić information content (AvgIpc) is 2.87. The van der Waals surface area contributed by atoms with E-state index >= 15 is 0 Å². The van der Waals surface area contributed by atoms with Crippen LogP contribution in [0.15, 0.2) is 59.5 Å². The van der Waals surface area contributed by atoms with E-state index in [1.54, 1.807) is 0 Å². The molecule has 0 aliphatic heterocycles. The van der Waals surface area contributed by atoms with E-state index in [-0.39, 0.29) is 52.7 Å². The van der Waals surface area contributed by atoms with E-state index < -0.39 is 56.5 Å². The van der Waals surface area contributed by atoms with Crippen molar-refractivity contribution in [1.29, 1.82) is 0 Å². The number of carbonyl (C=O) groups is 2. The number of aliphatic carboxylic acids is 1. The van der Waals surface area contributed by atoms with E-state index in [4.69, 9.17) is 4.74 Å². The van der Waals surface area contributed by atoms with Crippen molar-refractivity contribution in [3.8, 4) is 5.75 Å². The second-order valence-electron chi connectivity index (χ2n) is 12.5. The third kappa shape index (κ3) is 5.64. The van der Waals surface area contributed by atoms with Crippen molar-refractivity contribution in [1.82, 2.24) is 5.32 Å². The van der Waals surface area contributed by atoms with Crippen LogP contribution in [0.4, 0.5) is 23.8 Å². The minimum atomic E-state index is -9.87. The van der Waals surface area contributed by atoms with Crippen molar-refractivity contribution in [3.05, 3.63) is 71.5 Å². The summed E-state index contributed by atoms with van der Waals surface area (Å²) in [6, 6.07) is 7.28. The van der Waals surface area contributed by atoms with E-state index in [1.165, 1.54) is 24.3 Å². The molecule has 43 heavy (non-hydrogen) atoms. The minimum absolute atomic E-state index is 0.0833. The Balaban J connectivity index is 1.31. The van der Waals surface area contributed by atoms with Gasteiger partial charge in [-0.3, -0.25) is 4.79 Å². The quantitative estimate of drug-likeness (QED) is 0.222. The molecule has 4 aliphatic rings. The summed E-state index contributed by atoms with van der Waals surface area (Å²) in [7, 11) is -9.87. The second kappa shape index (κ2) is 9.04. The first kappa shape index (κ1) is 29.6. The third-order valence-corrected chi connectivity index (χ3v) is 10.3. The van der Waals surface area contributed by atoms with Crippen LogP contribution in [-0.4, -0.2) is 33.7 Å². The van der Waals surface area contributed by atoms with Gasteiger partial charge in [-0.25, -0.2) is 9.18 Å². The third-order valence-electron chi connectivity index (χ3n) is 9.14. The summed E-state index contributed by atoms with van der Waals surface area (Å²) in [6.07, 6.45) is 3.48. The molecule has 2 unspecified atom stereocenters. The summed E-state index contributed by atoms with van der Waals surface area (Å²) in [5.41, 5.74) is -1.83. The highest BCUT2D eigenvalue weighted by molar-refractivity contribution is 8.45. The standard InChI is InChI=1S/C30H29F6NO5S/c31-21-4-8-23-20(10-21)3-7-24(25(23)42-15-17-1-5-22(6-2-17)43(32,33,34,35)36)27(38)37-26(28(39)40)29-11-18-9-19(12-29)14-30(41,13-18)16-29/h1-8,10,18-19,26,41H,9,11-16H2,(H,37,38)(H,39,40)/t18?,19?,26-,29?,30?/m1/s1. The van der Waals surface area contributed by atoms with Crippen LogP contribution < -0.4 is 10.1 Å². The highest BCUT2D eigenvalue weighted by Gasteiger charge is 2.65. The largest absolute Gasteiger partial charge is 0.487 e. The predicted molar refractivity (Wildman–Crippen MR) is 147 cm³/mol. The molecule has 3 aromatic carbocycles. The normalized spacial score (nSPS) is 28.6. The summed E-state index contributed by atoms with van der Waals surface area (Å²) in [5.74, 6) is -2.39. The Morgan fingerprint density at radius 3 is 2.19 bits per heavy atom. The van der Waals surface area contributed by atoms with Gasteiger partial charge in [0.15, 0.2) is 0 Å². The van der Waals surface area contributed by atoms with E-state index in [0.29, 0.717) is 31.1 Å². The van der Waals surface area contributed by atoms with Crippen LogP contribution in [0.25, 0.3) is 10.8 Å². The summed E-state index contributed by atoms with van der Waals surface area (Å²) >= 11 is 0. The molecule has 0 heterocycles. The molecule has 232 valence electrons. The summed E-state index contributed by atoms with van der Waals surface area (Å²) in [6.45, 7) is -0.430. The van der Waals surface area contributed by atoms with Gasteiger partial charge in [-0.05, 0) is 97.7 Å². The Kier molecular flexibility index (Phi) is 6.22. The number of carboxylic acid groups (broad SMARTS) is 1. The van der Waals surface area contributed by atoms with Crippen LogP contribution in [0.3, 0.4) is 0 Å². The molecular formula is C30H29F6NO5S. The lowest BCUT2D eigenvalue weighted by molar-refractivity contribution is -0.181. The van der Waals surface area contributed by atoms with Crippen LogP contribution >= 0.6 is 10.2 Å². The number of fused-ring (bicyclic) bond motifs is 1. The molecule has 0 spiro atoms. The number of carbonyl (C=O) groups excluding carboxylic acids is 1. The Morgan fingerprint density at radius 1 is 0.953 bits per heavy atom. The van der Waals surface area contributed by atoms with Crippen molar-refractivity contribution in [2.45, 2.75) is 61.7 Å². The zero-order valence-electron chi connectivity index (χ0n) is 22.7. The maximum atomic E-state index is 14.0. The fraction of sp³-hybridized carbons (Fsp3) is 0.400. The predicted octanol–water partition coefficient (Wildman–Crippen LogP) is 7.73. The number of hydrogen-bond donors (Lipinski definition) is 3. The Hall–Kier alpha value is -3.45. The van der Waals surface area contributed by atoms with Crippen molar-refractivity contribution in [3.63, 3.8) is 0 Å². The maximum Gasteiger partial charge on any atom is 0.326 e. The van der Waals surface area contributed by atoms with Gasteiger partial charge in [0.2, 0.25) is 0 Å². The molecule has 4 fully saturated rings. The Bertz CT molecular complexity index is 1630. The highest BCUT2D eigenvalue weighted by atomic mass is 32.5. The first-order valence-corrected chi connectivity index (χ1v) is 15.7. The van der Waals surface area contributed by atoms with Gasteiger partial charge >= 0.3 is 16.2 Å². The van der Waals surface area contributed by atoms with Gasteiger partial charge in [0.25, 0.3) is 5.91 Å². The molecule has 3 atom stereocenters. The molecule has 3 N–H and O–H groups in total. The van der Waals surface area contributed by atoms with Crippen molar-refractivity contribution >= 4 is 32.9 Å². The van der Waals surface area contributed by atoms with E-state index in [9.17, 15) is 43.6 Å². The van der Waals surface area contributed by atoms with E-state index in [1.807, 2.05) is 0 Å². The number of carboxylic acids is 1. The van der Waals surface area contributed by atoms with Gasteiger partial charge in [0.1, 0.15) is 29.1 Å². The van der Waals surface area contributed by atoms with E-state index in [0.717, 1.165) is 24.6 Å². The number of ether oxygens (including phenoxy) is 1. The molecule has 7 rings (SSSR count). The fourth-order valence-electron chi connectivity index (χ4n) is 7.91. The number of aliphatic hydroxyl groups is 1. The van der Waals surface area contributed by atoms with Crippen LogP contribution in [0.2, 0.25) is 0 Å². The number of rotatable bonds is 8. The zero-order valence-corrected chi connectivity index (χ0v) is 23.5. The van der Waals surface area contributed by atoms with Crippen molar-refractivity contribution in [2.75, 3.05) is 0 Å². The number of benzene rings is 3. The lowest BCUT2D eigenvalue weighted by Gasteiger charge is -2.61. The molecule has 0 aromatic heterocycles. The van der Waals surface area contributed by atoms with Crippen LogP contribution in [0.5, 0.6) is 5.75 Å². The molecule has 0 saturated heterocycles. The Labute approximate surface area is 242 Å². The highest BCUT2D eigenvalue weighted by Crippen LogP contribution is 3.02. The number of nitrogens with one attached hydrogen (secondary N) is 1. The van der Waals surface area contributed by atoms with E-state index in [2.05, 4.69) is 5.32 Å². The SMILES string of the molecule is O=C(N[C@H](C(=O)O)C12CC3CC(CC(O)(C3)C1)C2)c1ccc2cc(F)ccc2c1OCc1ccc(S(F)(F)(F)(F)F)cc1. The Morgan fingerprint density at radius 2 is 1.60 bits per heavy atom. The van der Waals surface area contributed by atoms with Crippen LogP contribution in [-0.2, 0) is 11.4 Å². The summed E-state index contributed by atoms with van der Waals surface area (Å²) in [5, 5.41) is 24.6. The first-order valence-electron chi connectivity index (χ1n) is 13.8. The lowest BCUT2D eigenvalue weighted by Crippen LogP contribution is -2.64. The maximum absolute atomic E-state index is 14.0. The molecule has 4 aliphatic carbocycles. The van der Waals surface area contributed by atoms with Gasteiger partial charge in [-0.15, -0.1) is 0 Å². The van der Waals surface area contributed by atoms with Gasteiger partial charge in [0.05, 0.1) is 11.2 Å². The summed E-state index contributed by atoms with van der Waals surface area (Å²) in [4.78, 5) is 24.2. The minimum Gasteiger partial charge on any atom is -0.487 e. The molecule has 6 nitrogen and oxygen atoms in total. The molecule has 1 amide bonds. The van der Waals surface area contributed by atoms with Crippen LogP contribution in [0, 0.1) is 23.1 Å². The zero-order chi connectivity index (χ0) is 31.1. The molecule has 0 radical (unpaired) electrons. The monoisotopic (exact) mass is 629 g/mol. The second-order valence-corrected chi connectivity index (χ2v) is 14.9. The molecule has 4 bridgehead atoms. The fourth-order valence-corrected chi connectivity index (χ4v) is 8.56. The first-order chi connectivity index (χ1) is 19.8. The van der Waals surface area contributed by atoms with Gasteiger partial charge in [0, 0.05) is 10.8 Å². The number of halogens is 6. The summed E-state index contributed by atoms with van der Waals surface area (Å²) < 4.78 is 85.5. The van der Waals surface area contributed by atoms with Crippen molar-refractivity contribution in [2.24, 2.45) is 17.3 Å². The van der Waals surface area contributed by atoms with Crippen molar-refractivity contribution < 1.29 is 48.4 Å². The molecule has 13 heteroatoms. The smallest absolute Gasteiger partial charge is 0.326 e. The van der Waals surface area contributed by atoms with Gasteiger partial charge < -0.3 is 20.3 Å².